The van der Waals surface area contributed by atoms with E-state index >= 15 is 0 Å². The van der Waals surface area contributed by atoms with Crippen LogP contribution in [0.5, 0.6) is 5.75 Å². The Morgan fingerprint density at radius 1 is 1.03 bits per heavy atom. The molecule has 0 fully saturated rings. The molecule has 0 atom stereocenters. The van der Waals surface area contributed by atoms with E-state index < -0.39 is 0 Å². The van der Waals surface area contributed by atoms with E-state index in [0.29, 0.717) is 30.2 Å². The van der Waals surface area contributed by atoms with Crippen molar-refractivity contribution in [2.75, 3.05) is 13.2 Å². The summed E-state index contributed by atoms with van der Waals surface area (Å²) in [5.41, 5.74) is 4.52. The molecule has 0 spiro atoms. The van der Waals surface area contributed by atoms with Crippen LogP contribution in [0.25, 0.3) is 11.0 Å². The highest BCUT2D eigenvalue weighted by molar-refractivity contribution is 6.33. The first kappa shape index (κ1) is 24.1. The number of carbonyl (C=O) groups is 1. The number of hydrogen-bond donors (Lipinski definition) is 1. The number of imidazole rings is 1. The third-order valence-electron chi connectivity index (χ3n) is 5.69. The minimum Gasteiger partial charge on any atom is -0.494 e. The van der Waals surface area contributed by atoms with Crippen LogP contribution in [0.4, 0.5) is 0 Å². The van der Waals surface area contributed by atoms with Crippen molar-refractivity contribution in [3.63, 3.8) is 0 Å². The molecule has 4 rings (SSSR count). The summed E-state index contributed by atoms with van der Waals surface area (Å²) in [6.45, 7) is 5.77. The average molecular weight is 496 g/mol. The van der Waals surface area contributed by atoms with E-state index in [-0.39, 0.29) is 5.91 Å². The maximum atomic E-state index is 12.5. The van der Waals surface area contributed by atoms with E-state index in [2.05, 4.69) is 16.0 Å². The third-order valence-corrected chi connectivity index (χ3v) is 6.62. The van der Waals surface area contributed by atoms with Gasteiger partial charge in [-0.3, -0.25) is 4.79 Å². The number of aromatic nitrogens is 2. The van der Waals surface area contributed by atoms with Gasteiger partial charge in [-0.2, -0.15) is 0 Å². The minimum absolute atomic E-state index is 0.185. The van der Waals surface area contributed by atoms with Crippen molar-refractivity contribution in [1.82, 2.24) is 14.9 Å². The van der Waals surface area contributed by atoms with Crippen molar-refractivity contribution in [3.8, 4) is 5.75 Å². The van der Waals surface area contributed by atoms with Gasteiger partial charge in [-0.1, -0.05) is 47.5 Å². The Morgan fingerprint density at radius 2 is 1.74 bits per heavy atom. The second-order valence-corrected chi connectivity index (χ2v) is 9.01. The summed E-state index contributed by atoms with van der Waals surface area (Å²) in [4.78, 5) is 17.3. The number of halogens is 2. The van der Waals surface area contributed by atoms with Crippen LogP contribution in [0.2, 0.25) is 10.0 Å². The van der Waals surface area contributed by atoms with Gasteiger partial charge >= 0.3 is 0 Å². The van der Waals surface area contributed by atoms with Crippen molar-refractivity contribution in [3.05, 3.63) is 93.2 Å². The van der Waals surface area contributed by atoms with Gasteiger partial charge in [0.1, 0.15) is 11.6 Å². The normalized spacial score (nSPS) is 11.1. The monoisotopic (exact) mass is 495 g/mol. The van der Waals surface area contributed by atoms with E-state index in [9.17, 15) is 4.79 Å². The lowest BCUT2D eigenvalue weighted by molar-refractivity contribution is 0.0954. The van der Waals surface area contributed by atoms with Crippen molar-refractivity contribution in [2.24, 2.45) is 0 Å². The van der Waals surface area contributed by atoms with Crippen LogP contribution in [0.3, 0.4) is 0 Å². The first-order chi connectivity index (χ1) is 16.4. The van der Waals surface area contributed by atoms with Crippen molar-refractivity contribution >= 4 is 40.1 Å². The summed E-state index contributed by atoms with van der Waals surface area (Å²) in [7, 11) is 0. The van der Waals surface area contributed by atoms with Gasteiger partial charge in [0.15, 0.2) is 0 Å². The number of nitrogens with zero attached hydrogens (tertiary/aromatic N) is 2. The molecule has 0 aliphatic rings. The van der Waals surface area contributed by atoms with Gasteiger partial charge in [0.25, 0.3) is 5.91 Å². The lowest BCUT2D eigenvalue weighted by atomic mass is 10.1. The van der Waals surface area contributed by atoms with Crippen LogP contribution in [-0.2, 0) is 13.0 Å². The first-order valence-corrected chi connectivity index (χ1v) is 12.1. The van der Waals surface area contributed by atoms with Gasteiger partial charge in [-0.25, -0.2) is 4.98 Å². The Balaban J connectivity index is 1.39. The van der Waals surface area contributed by atoms with Crippen LogP contribution in [0.1, 0.15) is 33.7 Å². The zero-order chi connectivity index (χ0) is 24.1. The zero-order valence-corrected chi connectivity index (χ0v) is 20.8. The summed E-state index contributed by atoms with van der Waals surface area (Å²) in [5.74, 6) is 1.58. The first-order valence-electron chi connectivity index (χ1n) is 11.3. The Hall–Kier alpha value is -3.02. The van der Waals surface area contributed by atoms with Gasteiger partial charge in [0.2, 0.25) is 0 Å². The van der Waals surface area contributed by atoms with Crippen LogP contribution in [-0.4, -0.2) is 28.6 Å². The summed E-state index contributed by atoms with van der Waals surface area (Å²) < 4.78 is 8.19. The number of hydrogen-bond acceptors (Lipinski definition) is 3. The highest BCUT2D eigenvalue weighted by Crippen LogP contribution is 2.26. The standard InChI is InChI=1S/C27H27Cl2N3O2/c1-18-16-20(17-19(2)26(18)29)34-15-7-14-32-24-11-6-5-10-23(24)31-25(32)12-13-30-27(33)21-8-3-4-9-22(21)28/h3-6,8-11,16-17H,7,12-15H2,1-2H3,(H,30,33). The Bertz CT molecular complexity index is 1290. The van der Waals surface area contributed by atoms with E-state index in [1.807, 2.05) is 44.2 Å². The molecule has 0 unspecified atom stereocenters. The topological polar surface area (TPSA) is 56.1 Å². The molecule has 0 aliphatic carbocycles. The van der Waals surface area contributed by atoms with Gasteiger partial charge < -0.3 is 14.6 Å². The summed E-state index contributed by atoms with van der Waals surface area (Å²) in [6, 6.07) is 19.0. The maximum absolute atomic E-state index is 12.5. The number of rotatable bonds is 9. The Kier molecular flexibility index (Phi) is 7.76. The fraction of sp³-hybridized carbons (Fsp3) is 0.259. The summed E-state index contributed by atoms with van der Waals surface area (Å²) in [5, 5.41) is 4.18. The van der Waals surface area contributed by atoms with E-state index in [0.717, 1.165) is 51.7 Å². The summed E-state index contributed by atoms with van der Waals surface area (Å²) >= 11 is 12.4. The second-order valence-electron chi connectivity index (χ2n) is 8.23. The van der Waals surface area contributed by atoms with Gasteiger partial charge in [0.05, 0.1) is 28.2 Å². The van der Waals surface area contributed by atoms with Gasteiger partial charge in [0, 0.05) is 24.5 Å². The third kappa shape index (κ3) is 5.54. The number of benzene rings is 3. The highest BCUT2D eigenvalue weighted by Gasteiger charge is 2.13. The number of nitrogens with one attached hydrogen (secondary N) is 1. The van der Waals surface area contributed by atoms with Crippen LogP contribution >= 0.6 is 23.2 Å². The second kappa shape index (κ2) is 10.9. The Labute approximate surface area is 209 Å². The van der Waals surface area contributed by atoms with Crippen molar-refractivity contribution in [2.45, 2.75) is 33.2 Å². The smallest absolute Gasteiger partial charge is 0.252 e. The fourth-order valence-electron chi connectivity index (χ4n) is 4.00. The molecular weight excluding hydrogens is 469 g/mol. The Morgan fingerprint density at radius 3 is 2.50 bits per heavy atom. The molecular formula is C27H27Cl2N3O2. The fourth-order valence-corrected chi connectivity index (χ4v) is 4.33. The SMILES string of the molecule is Cc1cc(OCCCn2c(CCNC(=O)c3ccccc3Cl)nc3ccccc32)cc(C)c1Cl. The molecule has 3 aromatic carbocycles. The maximum Gasteiger partial charge on any atom is 0.252 e. The van der Waals surface area contributed by atoms with E-state index in [1.165, 1.54) is 0 Å². The molecule has 0 radical (unpaired) electrons. The number of amides is 1. The van der Waals surface area contributed by atoms with Gasteiger partial charge in [-0.05, 0) is 67.8 Å². The molecule has 1 aromatic heterocycles. The largest absolute Gasteiger partial charge is 0.494 e. The highest BCUT2D eigenvalue weighted by atomic mass is 35.5. The molecule has 5 nitrogen and oxygen atoms in total. The molecule has 1 heterocycles. The van der Waals surface area contributed by atoms with Crippen LogP contribution in [0, 0.1) is 13.8 Å². The average Bonchev–Trinajstić information content (AvgIpc) is 3.17. The number of ether oxygens (including phenoxy) is 1. The molecule has 1 N–H and O–H groups in total. The molecule has 0 saturated heterocycles. The predicted octanol–water partition coefficient (Wildman–Crippen LogP) is 6.40. The van der Waals surface area contributed by atoms with Crippen LogP contribution < -0.4 is 10.1 Å². The van der Waals surface area contributed by atoms with Gasteiger partial charge in [-0.15, -0.1) is 0 Å². The van der Waals surface area contributed by atoms with Crippen LogP contribution in [0.15, 0.2) is 60.7 Å². The lowest BCUT2D eigenvalue weighted by Gasteiger charge is -2.12. The molecule has 34 heavy (non-hydrogen) atoms. The quantitative estimate of drug-likeness (QED) is 0.273. The molecule has 1 amide bonds. The molecule has 0 bridgehead atoms. The van der Waals surface area contributed by atoms with E-state index in [1.54, 1.807) is 24.3 Å². The predicted molar refractivity (Wildman–Crippen MR) is 138 cm³/mol. The zero-order valence-electron chi connectivity index (χ0n) is 19.3. The number of carbonyl (C=O) groups excluding carboxylic acids is 1. The molecule has 0 aliphatic heterocycles. The molecule has 4 aromatic rings. The lowest BCUT2D eigenvalue weighted by Crippen LogP contribution is -2.26. The minimum atomic E-state index is -0.185. The number of para-hydroxylation sites is 2. The molecule has 7 heteroatoms. The molecule has 0 saturated carbocycles. The number of aryl methyl sites for hydroxylation is 3. The van der Waals surface area contributed by atoms with E-state index in [4.69, 9.17) is 32.9 Å². The molecule has 176 valence electrons. The summed E-state index contributed by atoms with van der Waals surface area (Å²) in [6.07, 6.45) is 1.43. The van der Waals surface area contributed by atoms with Crippen molar-refractivity contribution < 1.29 is 9.53 Å². The number of fused-ring (bicyclic) bond motifs is 1. The van der Waals surface area contributed by atoms with Crippen molar-refractivity contribution in [1.29, 1.82) is 0 Å².